The molecule has 4 heteroatoms. The van der Waals surface area contributed by atoms with Gasteiger partial charge in [0.2, 0.25) is 0 Å². The molecular formula is C17H23IO2Si. The molecule has 0 unspecified atom stereocenters. The van der Waals surface area contributed by atoms with Crippen LogP contribution >= 0.6 is 22.6 Å². The highest BCUT2D eigenvalue weighted by atomic mass is 127. The Bertz CT molecular complexity index is 611. The van der Waals surface area contributed by atoms with Crippen molar-refractivity contribution in [2.24, 2.45) is 0 Å². The molecule has 0 saturated heterocycles. The Morgan fingerprint density at radius 2 is 1.81 bits per heavy atom. The molecule has 1 rings (SSSR count). The van der Waals surface area contributed by atoms with Gasteiger partial charge in [-0.2, -0.15) is 0 Å². The predicted octanol–water partition coefficient (Wildman–Crippen LogP) is 4.78. The van der Waals surface area contributed by atoms with Crippen LogP contribution in [0.4, 0.5) is 0 Å². The molecule has 2 nitrogen and oxygen atoms in total. The highest BCUT2D eigenvalue weighted by Gasteiger charge is 2.19. The van der Waals surface area contributed by atoms with E-state index in [9.17, 15) is 4.79 Å². The molecule has 0 fully saturated rings. The van der Waals surface area contributed by atoms with Gasteiger partial charge in [0.05, 0.1) is 5.56 Å². The zero-order valence-electron chi connectivity index (χ0n) is 13.8. The minimum absolute atomic E-state index is 0.295. The van der Waals surface area contributed by atoms with Crippen molar-refractivity contribution in [1.82, 2.24) is 0 Å². The minimum Gasteiger partial charge on any atom is -0.456 e. The molecule has 0 aliphatic carbocycles. The second kappa shape index (κ2) is 6.53. The smallest absolute Gasteiger partial charge is 0.338 e. The average molecular weight is 414 g/mol. The molecule has 1 aromatic carbocycles. The fraction of sp³-hybridized carbons (Fsp3) is 0.471. The fourth-order valence-corrected chi connectivity index (χ4v) is 2.65. The maximum atomic E-state index is 12.2. The van der Waals surface area contributed by atoms with Crippen LogP contribution in [0.25, 0.3) is 0 Å². The topological polar surface area (TPSA) is 26.3 Å². The van der Waals surface area contributed by atoms with Gasteiger partial charge in [0.15, 0.2) is 0 Å². The summed E-state index contributed by atoms with van der Waals surface area (Å²) in [6.07, 6.45) is 0. The quantitative estimate of drug-likeness (QED) is 0.286. The zero-order chi connectivity index (χ0) is 16.4. The van der Waals surface area contributed by atoms with Gasteiger partial charge in [-0.3, -0.25) is 0 Å². The molecule has 0 N–H and O–H groups in total. The lowest BCUT2D eigenvalue weighted by Gasteiger charge is -2.20. The summed E-state index contributed by atoms with van der Waals surface area (Å²) in [7, 11) is -1.44. The Hall–Kier alpha value is -0.803. The molecule has 0 aromatic heterocycles. The van der Waals surface area contributed by atoms with Gasteiger partial charge >= 0.3 is 5.97 Å². The molecule has 0 saturated carbocycles. The Balaban J connectivity index is 3.23. The number of hydrogen-bond donors (Lipinski definition) is 0. The van der Waals surface area contributed by atoms with Gasteiger partial charge in [0.25, 0.3) is 0 Å². The van der Waals surface area contributed by atoms with Crippen LogP contribution in [0.1, 0.15) is 42.3 Å². The van der Waals surface area contributed by atoms with Gasteiger partial charge in [0, 0.05) is 9.13 Å². The lowest BCUT2D eigenvalue weighted by molar-refractivity contribution is 0.00694. The third kappa shape index (κ3) is 6.23. The standard InChI is InChI=1S/C17H23IO2Si/c1-12-13(8-9-21(5,6)7)10-14(11-15(12)18)16(19)20-17(2,3)4/h10-11H,1-7H3. The van der Waals surface area contributed by atoms with E-state index >= 15 is 0 Å². The summed E-state index contributed by atoms with van der Waals surface area (Å²) in [5.74, 6) is 2.96. The first-order chi connectivity index (χ1) is 9.39. The largest absolute Gasteiger partial charge is 0.456 e. The molecular weight excluding hydrogens is 391 g/mol. The van der Waals surface area contributed by atoms with Crippen LogP contribution in [0.3, 0.4) is 0 Å². The van der Waals surface area contributed by atoms with E-state index in [-0.39, 0.29) is 5.97 Å². The van der Waals surface area contributed by atoms with Crippen LogP contribution in [-0.2, 0) is 4.74 Å². The van der Waals surface area contributed by atoms with Crippen LogP contribution in [0.5, 0.6) is 0 Å². The molecule has 0 radical (unpaired) electrons. The third-order valence-corrected chi connectivity index (χ3v) is 4.55. The first kappa shape index (κ1) is 18.2. The molecule has 0 amide bonds. The second-order valence-corrected chi connectivity index (χ2v) is 13.0. The summed E-state index contributed by atoms with van der Waals surface area (Å²) in [5, 5.41) is 0. The number of esters is 1. The second-order valence-electron chi connectivity index (χ2n) is 7.13. The van der Waals surface area contributed by atoms with Crippen LogP contribution in [-0.4, -0.2) is 19.6 Å². The van der Waals surface area contributed by atoms with Crippen LogP contribution in [0.2, 0.25) is 19.6 Å². The summed E-state index contributed by atoms with van der Waals surface area (Å²) < 4.78 is 6.48. The normalized spacial score (nSPS) is 11.6. The molecule has 114 valence electrons. The maximum Gasteiger partial charge on any atom is 0.338 e. The zero-order valence-corrected chi connectivity index (χ0v) is 17.0. The third-order valence-electron chi connectivity index (χ3n) is 2.55. The summed E-state index contributed by atoms with van der Waals surface area (Å²) in [6.45, 7) is 14.3. The molecule has 0 aliphatic rings. The summed E-state index contributed by atoms with van der Waals surface area (Å²) in [6, 6.07) is 3.71. The van der Waals surface area contributed by atoms with Crippen LogP contribution < -0.4 is 0 Å². The first-order valence-electron chi connectivity index (χ1n) is 6.96. The monoisotopic (exact) mass is 414 g/mol. The van der Waals surface area contributed by atoms with Crippen LogP contribution in [0, 0.1) is 22.0 Å². The van der Waals surface area contributed by atoms with Crippen molar-refractivity contribution < 1.29 is 9.53 Å². The number of halogens is 1. The van der Waals surface area contributed by atoms with E-state index in [1.165, 1.54) is 0 Å². The minimum atomic E-state index is -1.44. The number of rotatable bonds is 1. The number of ether oxygens (including phenoxy) is 1. The highest BCUT2D eigenvalue weighted by molar-refractivity contribution is 14.1. The highest BCUT2D eigenvalue weighted by Crippen LogP contribution is 2.21. The average Bonchev–Trinajstić information content (AvgIpc) is 2.27. The number of carbonyl (C=O) groups is 1. The Morgan fingerprint density at radius 1 is 1.24 bits per heavy atom. The molecule has 1 aromatic rings. The molecule has 0 spiro atoms. The van der Waals surface area contributed by atoms with Gasteiger partial charge in [-0.15, -0.1) is 5.54 Å². The van der Waals surface area contributed by atoms with E-state index < -0.39 is 13.7 Å². The molecule has 0 atom stereocenters. The molecule has 0 aliphatic heterocycles. The van der Waals surface area contributed by atoms with E-state index in [0.717, 1.165) is 14.7 Å². The van der Waals surface area contributed by atoms with Crippen molar-refractivity contribution >= 4 is 36.6 Å². The van der Waals surface area contributed by atoms with Crippen molar-refractivity contribution in [2.75, 3.05) is 0 Å². The van der Waals surface area contributed by atoms with Crippen molar-refractivity contribution in [3.63, 3.8) is 0 Å². The van der Waals surface area contributed by atoms with Gasteiger partial charge in [-0.25, -0.2) is 4.79 Å². The van der Waals surface area contributed by atoms with Crippen molar-refractivity contribution in [3.8, 4) is 11.5 Å². The Morgan fingerprint density at radius 3 is 2.29 bits per heavy atom. The number of hydrogen-bond acceptors (Lipinski definition) is 2. The fourth-order valence-electron chi connectivity index (χ4n) is 1.52. The predicted molar refractivity (Wildman–Crippen MR) is 99.3 cm³/mol. The van der Waals surface area contributed by atoms with Crippen molar-refractivity contribution in [1.29, 1.82) is 0 Å². The summed E-state index contributed by atoms with van der Waals surface area (Å²) >= 11 is 2.24. The lowest BCUT2D eigenvalue weighted by atomic mass is 10.1. The van der Waals surface area contributed by atoms with E-state index in [1.54, 1.807) is 0 Å². The Kier molecular flexibility index (Phi) is 5.67. The number of carbonyl (C=O) groups excluding carboxylic acids is 1. The lowest BCUT2D eigenvalue weighted by Crippen LogP contribution is -2.24. The van der Waals surface area contributed by atoms with E-state index in [0.29, 0.717) is 5.56 Å². The van der Waals surface area contributed by atoms with Gasteiger partial charge in [-0.05, 0) is 68.0 Å². The van der Waals surface area contributed by atoms with E-state index in [4.69, 9.17) is 4.74 Å². The molecule has 0 bridgehead atoms. The van der Waals surface area contributed by atoms with Crippen molar-refractivity contribution in [2.45, 2.75) is 52.9 Å². The Labute approximate surface area is 142 Å². The maximum absolute atomic E-state index is 12.2. The molecule has 21 heavy (non-hydrogen) atoms. The van der Waals surface area contributed by atoms with Gasteiger partial charge < -0.3 is 4.74 Å². The first-order valence-corrected chi connectivity index (χ1v) is 11.5. The van der Waals surface area contributed by atoms with E-state index in [1.807, 2.05) is 39.8 Å². The molecule has 0 heterocycles. The SMILES string of the molecule is Cc1c(I)cc(C(=O)OC(C)(C)C)cc1C#C[Si](C)(C)C. The number of benzene rings is 1. The van der Waals surface area contributed by atoms with E-state index in [2.05, 4.69) is 53.7 Å². The van der Waals surface area contributed by atoms with Crippen molar-refractivity contribution in [3.05, 3.63) is 32.4 Å². The summed E-state index contributed by atoms with van der Waals surface area (Å²) in [5.41, 5.74) is 5.48. The van der Waals surface area contributed by atoms with Gasteiger partial charge in [0.1, 0.15) is 13.7 Å². The van der Waals surface area contributed by atoms with Gasteiger partial charge in [-0.1, -0.05) is 25.6 Å². The van der Waals surface area contributed by atoms with Crippen LogP contribution in [0.15, 0.2) is 12.1 Å². The summed E-state index contributed by atoms with van der Waals surface area (Å²) in [4.78, 5) is 12.2.